The van der Waals surface area contributed by atoms with Crippen LogP contribution in [0.1, 0.15) is 36.0 Å². The molecule has 0 radical (unpaired) electrons. The van der Waals surface area contributed by atoms with Crippen LogP contribution in [0.15, 0.2) is 59.5 Å². The van der Waals surface area contributed by atoms with Gasteiger partial charge in [-0.2, -0.15) is 0 Å². The van der Waals surface area contributed by atoms with Crippen LogP contribution in [0.4, 0.5) is 5.69 Å². The quantitative estimate of drug-likeness (QED) is 0.847. The van der Waals surface area contributed by atoms with Crippen molar-refractivity contribution < 1.29 is 13.2 Å². The van der Waals surface area contributed by atoms with Crippen LogP contribution in [0.25, 0.3) is 0 Å². The van der Waals surface area contributed by atoms with Gasteiger partial charge in [-0.1, -0.05) is 24.6 Å². The van der Waals surface area contributed by atoms with E-state index in [4.69, 9.17) is 0 Å². The number of hydrogen-bond acceptors (Lipinski definition) is 3. The van der Waals surface area contributed by atoms with Gasteiger partial charge in [-0.3, -0.25) is 9.52 Å². The minimum atomic E-state index is -3.62. The Bertz CT molecular complexity index is 894. The number of carbonyl (C=O) groups is 1. The van der Waals surface area contributed by atoms with Crippen molar-refractivity contribution in [1.29, 1.82) is 0 Å². The van der Waals surface area contributed by atoms with E-state index in [0.717, 1.165) is 12.3 Å². The first-order valence-corrected chi connectivity index (χ1v) is 10.5. The molecule has 0 saturated heterocycles. The number of sulfonamides is 1. The third-order valence-corrected chi connectivity index (χ3v) is 6.90. The second kappa shape index (κ2) is 6.76. The Morgan fingerprint density at radius 1 is 0.923 bits per heavy atom. The summed E-state index contributed by atoms with van der Waals surface area (Å²) in [5.74, 6) is 1.32. The molecule has 2 fully saturated rings. The zero-order valence-electron chi connectivity index (χ0n) is 14.4. The SMILES string of the molecule is O=C(N[C@H]1C[C@H]2CC[C@@H]1C2)c1ccc(NS(=O)(=O)c2ccccc2)cc1. The average Bonchev–Trinajstić information content (AvgIpc) is 3.26. The van der Waals surface area contributed by atoms with E-state index in [2.05, 4.69) is 10.0 Å². The summed E-state index contributed by atoms with van der Waals surface area (Å²) in [7, 11) is -3.62. The summed E-state index contributed by atoms with van der Waals surface area (Å²) >= 11 is 0. The molecule has 2 aromatic rings. The first-order chi connectivity index (χ1) is 12.5. The summed E-state index contributed by atoms with van der Waals surface area (Å²) in [6.45, 7) is 0. The first-order valence-electron chi connectivity index (χ1n) is 9.00. The molecule has 2 aliphatic rings. The van der Waals surface area contributed by atoms with Gasteiger partial charge < -0.3 is 5.32 Å². The fourth-order valence-corrected chi connectivity index (χ4v) is 5.26. The van der Waals surface area contributed by atoms with Crippen molar-refractivity contribution in [3.63, 3.8) is 0 Å². The van der Waals surface area contributed by atoms with Crippen LogP contribution >= 0.6 is 0 Å². The van der Waals surface area contributed by atoms with E-state index in [1.165, 1.54) is 19.3 Å². The molecular formula is C20H22N2O3S. The highest BCUT2D eigenvalue weighted by atomic mass is 32.2. The van der Waals surface area contributed by atoms with Gasteiger partial charge in [0.1, 0.15) is 0 Å². The van der Waals surface area contributed by atoms with Crippen LogP contribution in [0.5, 0.6) is 0 Å². The molecule has 2 saturated carbocycles. The second-order valence-electron chi connectivity index (χ2n) is 7.25. The molecular weight excluding hydrogens is 348 g/mol. The van der Waals surface area contributed by atoms with E-state index in [1.54, 1.807) is 54.6 Å². The van der Waals surface area contributed by atoms with Gasteiger partial charge in [0.05, 0.1) is 4.90 Å². The molecule has 0 spiro atoms. The van der Waals surface area contributed by atoms with Gasteiger partial charge in [0.25, 0.3) is 15.9 Å². The minimum absolute atomic E-state index is 0.0833. The lowest BCUT2D eigenvalue weighted by atomic mass is 9.95. The zero-order chi connectivity index (χ0) is 18.1. The Labute approximate surface area is 153 Å². The smallest absolute Gasteiger partial charge is 0.261 e. The van der Waals surface area contributed by atoms with E-state index >= 15 is 0 Å². The molecule has 6 heteroatoms. The lowest BCUT2D eigenvalue weighted by Crippen LogP contribution is -2.38. The third-order valence-electron chi connectivity index (χ3n) is 5.51. The predicted molar refractivity (Wildman–Crippen MR) is 100 cm³/mol. The monoisotopic (exact) mass is 370 g/mol. The highest BCUT2D eigenvalue weighted by molar-refractivity contribution is 7.92. The third kappa shape index (κ3) is 3.46. The van der Waals surface area contributed by atoms with Crippen molar-refractivity contribution in [3.8, 4) is 0 Å². The van der Waals surface area contributed by atoms with E-state index in [1.807, 2.05) is 0 Å². The molecule has 1 amide bonds. The van der Waals surface area contributed by atoms with Crippen molar-refractivity contribution in [3.05, 3.63) is 60.2 Å². The highest BCUT2D eigenvalue weighted by Crippen LogP contribution is 2.44. The molecule has 0 aliphatic heterocycles. The molecule has 26 heavy (non-hydrogen) atoms. The molecule has 136 valence electrons. The van der Waals surface area contributed by atoms with Crippen molar-refractivity contribution in [2.75, 3.05) is 4.72 Å². The normalized spacial score (nSPS) is 24.4. The summed E-state index contributed by atoms with van der Waals surface area (Å²) in [5.41, 5.74) is 0.987. The summed E-state index contributed by atoms with van der Waals surface area (Å²) in [6, 6.07) is 15.1. The van der Waals surface area contributed by atoms with Gasteiger partial charge in [0.2, 0.25) is 0 Å². The lowest BCUT2D eigenvalue weighted by molar-refractivity contribution is 0.0923. The van der Waals surface area contributed by atoms with Gasteiger partial charge in [-0.25, -0.2) is 8.42 Å². The zero-order valence-corrected chi connectivity index (χ0v) is 15.2. The molecule has 0 heterocycles. The maximum absolute atomic E-state index is 12.4. The van der Waals surface area contributed by atoms with Crippen molar-refractivity contribution in [2.24, 2.45) is 11.8 Å². The Balaban J connectivity index is 1.41. The Morgan fingerprint density at radius 2 is 1.65 bits per heavy atom. The predicted octanol–water partition coefficient (Wildman–Crippen LogP) is 3.41. The number of carbonyl (C=O) groups excluding carboxylic acids is 1. The topological polar surface area (TPSA) is 75.3 Å². The Hall–Kier alpha value is -2.34. The van der Waals surface area contributed by atoms with Gasteiger partial charge in [-0.05, 0) is 67.5 Å². The molecule has 2 aromatic carbocycles. The van der Waals surface area contributed by atoms with E-state index in [-0.39, 0.29) is 16.8 Å². The molecule has 0 aromatic heterocycles. The molecule has 0 unspecified atom stereocenters. The van der Waals surface area contributed by atoms with E-state index < -0.39 is 10.0 Å². The fraction of sp³-hybridized carbons (Fsp3) is 0.350. The molecule has 4 rings (SSSR count). The number of amides is 1. The number of nitrogens with one attached hydrogen (secondary N) is 2. The van der Waals surface area contributed by atoms with Crippen molar-refractivity contribution in [2.45, 2.75) is 36.6 Å². The highest BCUT2D eigenvalue weighted by Gasteiger charge is 2.40. The molecule has 5 nitrogen and oxygen atoms in total. The van der Waals surface area contributed by atoms with E-state index in [9.17, 15) is 13.2 Å². The van der Waals surface area contributed by atoms with Crippen LogP contribution < -0.4 is 10.0 Å². The van der Waals surface area contributed by atoms with Gasteiger partial charge in [0, 0.05) is 17.3 Å². The van der Waals surface area contributed by atoms with Crippen LogP contribution in [0.2, 0.25) is 0 Å². The second-order valence-corrected chi connectivity index (χ2v) is 8.93. The lowest BCUT2D eigenvalue weighted by Gasteiger charge is -2.22. The molecule has 2 bridgehead atoms. The average molecular weight is 370 g/mol. The Morgan fingerprint density at radius 3 is 2.27 bits per heavy atom. The summed E-state index contributed by atoms with van der Waals surface area (Å²) in [5, 5.41) is 3.14. The van der Waals surface area contributed by atoms with Crippen LogP contribution in [-0.4, -0.2) is 20.4 Å². The number of benzene rings is 2. The largest absolute Gasteiger partial charge is 0.349 e. The van der Waals surface area contributed by atoms with Gasteiger partial charge in [-0.15, -0.1) is 0 Å². The summed E-state index contributed by atoms with van der Waals surface area (Å²) in [4.78, 5) is 12.7. The maximum Gasteiger partial charge on any atom is 0.261 e. The van der Waals surface area contributed by atoms with Crippen molar-refractivity contribution in [1.82, 2.24) is 5.32 Å². The first kappa shape index (κ1) is 17.1. The maximum atomic E-state index is 12.4. The summed E-state index contributed by atoms with van der Waals surface area (Å²) < 4.78 is 27.2. The molecule has 2 aliphatic carbocycles. The molecule has 3 atom stereocenters. The van der Waals surface area contributed by atoms with E-state index in [0.29, 0.717) is 17.2 Å². The number of fused-ring (bicyclic) bond motifs is 2. The van der Waals surface area contributed by atoms with Crippen LogP contribution in [0.3, 0.4) is 0 Å². The van der Waals surface area contributed by atoms with Crippen LogP contribution in [0, 0.1) is 11.8 Å². The number of anilines is 1. The fourth-order valence-electron chi connectivity index (χ4n) is 4.18. The summed E-state index contributed by atoms with van der Waals surface area (Å²) in [6.07, 6.45) is 4.85. The number of rotatable bonds is 5. The Kier molecular flexibility index (Phi) is 4.44. The minimum Gasteiger partial charge on any atom is -0.349 e. The van der Waals surface area contributed by atoms with Crippen LogP contribution in [-0.2, 0) is 10.0 Å². The van der Waals surface area contributed by atoms with Gasteiger partial charge >= 0.3 is 0 Å². The molecule has 2 N–H and O–H groups in total. The standard InChI is InChI=1S/C20H22N2O3S/c23-20(21-19-13-14-6-7-16(19)12-14)15-8-10-17(11-9-15)22-26(24,25)18-4-2-1-3-5-18/h1-5,8-11,14,16,19,22H,6-7,12-13H2,(H,21,23)/t14-,16+,19-/m0/s1. The number of hydrogen-bond donors (Lipinski definition) is 2. The van der Waals surface area contributed by atoms with Gasteiger partial charge in [0.15, 0.2) is 0 Å². The van der Waals surface area contributed by atoms with Crippen molar-refractivity contribution >= 4 is 21.6 Å².